The summed E-state index contributed by atoms with van der Waals surface area (Å²) in [5, 5.41) is 19.4. The molecule has 1 aliphatic carbocycles. The molecule has 0 unspecified atom stereocenters. The Morgan fingerprint density at radius 3 is 2.43 bits per heavy atom. The van der Waals surface area contributed by atoms with Crippen LogP contribution >= 0.6 is 0 Å². The number of carbonyl (C=O) groups is 1. The SMILES string of the molecule is COc1cccc(C=NC2(C(=O)O)CCCCC2)c1O.O.[O]=[V]. The van der Waals surface area contributed by atoms with Gasteiger partial charge in [0.2, 0.25) is 0 Å². The molecule has 0 amide bonds. The molecule has 8 heteroatoms. The van der Waals surface area contributed by atoms with Gasteiger partial charge in [-0.25, -0.2) is 4.79 Å². The van der Waals surface area contributed by atoms with Crippen molar-refractivity contribution in [2.45, 2.75) is 37.6 Å². The van der Waals surface area contributed by atoms with Crippen molar-refractivity contribution in [3.63, 3.8) is 0 Å². The van der Waals surface area contributed by atoms with Gasteiger partial charge in [-0.3, -0.25) is 4.99 Å². The third kappa shape index (κ3) is 5.16. The number of ether oxygens (including phenoxy) is 1. The van der Waals surface area contributed by atoms with E-state index in [4.69, 9.17) is 8.41 Å². The first-order valence-electron chi connectivity index (χ1n) is 6.92. The van der Waals surface area contributed by atoms with E-state index >= 15 is 0 Å². The number of nitrogens with zero attached hydrogens (tertiary/aromatic N) is 1. The minimum absolute atomic E-state index is 0. The molecule has 1 saturated carbocycles. The summed E-state index contributed by atoms with van der Waals surface area (Å²) in [6, 6.07) is 5.05. The van der Waals surface area contributed by atoms with Crippen LogP contribution in [0, 0.1) is 0 Å². The number of aliphatic imine (C=N–C) groups is 1. The second-order valence-electron chi connectivity index (χ2n) is 5.05. The molecule has 0 spiro atoms. The number of aliphatic carboxylic acids is 1. The Balaban J connectivity index is 0.00000155. The van der Waals surface area contributed by atoms with Crippen molar-refractivity contribution in [3.05, 3.63) is 23.8 Å². The fourth-order valence-electron chi connectivity index (χ4n) is 2.54. The van der Waals surface area contributed by atoms with E-state index in [-0.39, 0.29) is 11.2 Å². The van der Waals surface area contributed by atoms with Crippen LogP contribution in [0.3, 0.4) is 0 Å². The summed E-state index contributed by atoms with van der Waals surface area (Å²) in [6.07, 6.45) is 5.32. The summed E-state index contributed by atoms with van der Waals surface area (Å²) < 4.78 is 13.2. The Bertz CT molecular complexity index is 543. The van der Waals surface area contributed by atoms with Crippen LogP contribution in [-0.4, -0.2) is 40.5 Å². The summed E-state index contributed by atoms with van der Waals surface area (Å²) in [7, 11) is 1.47. The van der Waals surface area contributed by atoms with E-state index < -0.39 is 11.5 Å². The maximum atomic E-state index is 11.5. The van der Waals surface area contributed by atoms with Crippen LogP contribution in [0.5, 0.6) is 11.5 Å². The van der Waals surface area contributed by atoms with Crippen LogP contribution in [0.2, 0.25) is 0 Å². The Labute approximate surface area is 143 Å². The van der Waals surface area contributed by atoms with Gasteiger partial charge < -0.3 is 20.4 Å². The molecule has 1 aliphatic rings. The number of hydrogen-bond acceptors (Lipinski definition) is 5. The second kappa shape index (κ2) is 10.1. The van der Waals surface area contributed by atoms with Gasteiger partial charge in [0.05, 0.1) is 7.11 Å². The van der Waals surface area contributed by atoms with E-state index in [0.29, 0.717) is 24.2 Å². The first kappa shape index (κ1) is 21.3. The van der Waals surface area contributed by atoms with E-state index in [9.17, 15) is 15.0 Å². The molecule has 1 fully saturated rings. The molecule has 0 bridgehead atoms. The first-order valence-corrected chi connectivity index (χ1v) is 7.49. The summed E-state index contributed by atoms with van der Waals surface area (Å²) >= 11 is 1.06. The molecular weight excluding hydrogens is 341 g/mol. The number of para-hydroxylation sites is 1. The Morgan fingerprint density at radius 2 is 1.91 bits per heavy atom. The van der Waals surface area contributed by atoms with E-state index in [1.54, 1.807) is 18.2 Å². The predicted octanol–water partition coefficient (Wildman–Crippen LogP) is 1.66. The van der Waals surface area contributed by atoms with E-state index in [0.717, 1.165) is 36.6 Å². The van der Waals surface area contributed by atoms with Gasteiger partial charge in [-0.1, -0.05) is 25.3 Å². The average molecular weight is 362 g/mol. The number of carboxylic acid groups (broad SMARTS) is 1. The molecule has 0 heterocycles. The van der Waals surface area contributed by atoms with Crippen molar-refractivity contribution < 1.29 is 46.3 Å². The zero-order valence-corrected chi connectivity index (χ0v) is 14.3. The van der Waals surface area contributed by atoms with Gasteiger partial charge in [0.15, 0.2) is 17.0 Å². The monoisotopic (exact) mass is 362 g/mol. The molecular formula is C15H21NO6V. The van der Waals surface area contributed by atoms with Crippen molar-refractivity contribution >= 4 is 12.2 Å². The third-order valence-electron chi connectivity index (χ3n) is 3.78. The number of aromatic hydroxyl groups is 1. The number of hydrogen-bond donors (Lipinski definition) is 2. The van der Waals surface area contributed by atoms with Gasteiger partial charge in [0.1, 0.15) is 0 Å². The Morgan fingerprint density at radius 1 is 1.30 bits per heavy atom. The van der Waals surface area contributed by atoms with Gasteiger partial charge in [-0.15, -0.1) is 0 Å². The van der Waals surface area contributed by atoms with Crippen LogP contribution in [-0.2, 0) is 25.8 Å². The van der Waals surface area contributed by atoms with Crippen molar-refractivity contribution in [1.29, 1.82) is 0 Å². The standard InChI is InChI=1S/C15H19NO4.H2O.O.V/c1-20-12-7-5-6-11(13(12)17)10-16-15(14(18)19)8-3-2-4-9-15;;;/h5-7,10,17H,2-4,8-9H2,1H3,(H,18,19);1H2;;. The van der Waals surface area contributed by atoms with E-state index in [1.165, 1.54) is 13.3 Å². The van der Waals surface area contributed by atoms with Gasteiger partial charge >= 0.3 is 27.0 Å². The summed E-state index contributed by atoms with van der Waals surface area (Å²) in [4.78, 5) is 15.8. The van der Waals surface area contributed by atoms with Crippen molar-refractivity contribution in [1.82, 2.24) is 0 Å². The Kier molecular flexibility index (Phi) is 9.40. The predicted molar refractivity (Wildman–Crippen MR) is 80.0 cm³/mol. The van der Waals surface area contributed by atoms with Crippen LogP contribution < -0.4 is 4.74 Å². The molecule has 1 aromatic carbocycles. The van der Waals surface area contributed by atoms with Gasteiger partial charge in [-0.2, -0.15) is 0 Å². The third-order valence-corrected chi connectivity index (χ3v) is 3.78. The zero-order valence-electron chi connectivity index (χ0n) is 12.9. The molecule has 0 aliphatic heterocycles. The van der Waals surface area contributed by atoms with Gasteiger partial charge in [0.25, 0.3) is 0 Å². The van der Waals surface area contributed by atoms with Crippen LogP contribution in [0.4, 0.5) is 0 Å². The molecule has 23 heavy (non-hydrogen) atoms. The molecule has 1 aromatic rings. The average Bonchev–Trinajstić information content (AvgIpc) is 2.56. The number of phenolic OH excluding ortho intramolecular Hbond substituents is 1. The van der Waals surface area contributed by atoms with Gasteiger partial charge in [-0.05, 0) is 25.0 Å². The van der Waals surface area contributed by atoms with Crippen LogP contribution in [0.1, 0.15) is 37.7 Å². The number of carboxylic acids is 1. The molecule has 4 N–H and O–H groups in total. The quantitative estimate of drug-likeness (QED) is 0.788. The molecule has 7 nitrogen and oxygen atoms in total. The Hall–Kier alpha value is -1.70. The van der Waals surface area contributed by atoms with Crippen molar-refractivity contribution in [2.24, 2.45) is 4.99 Å². The van der Waals surface area contributed by atoms with E-state index in [2.05, 4.69) is 4.99 Å². The van der Waals surface area contributed by atoms with Gasteiger partial charge in [0, 0.05) is 11.8 Å². The summed E-state index contributed by atoms with van der Waals surface area (Å²) in [5.41, 5.74) is -0.580. The summed E-state index contributed by atoms with van der Waals surface area (Å²) in [6.45, 7) is 0. The minimum atomic E-state index is -1.05. The maximum absolute atomic E-state index is 11.5. The van der Waals surface area contributed by atoms with Crippen LogP contribution in [0.15, 0.2) is 23.2 Å². The number of rotatable bonds is 4. The number of benzene rings is 1. The molecule has 2 rings (SSSR count). The molecule has 0 atom stereocenters. The fourth-order valence-corrected chi connectivity index (χ4v) is 2.54. The number of methoxy groups -OCH3 is 1. The first-order chi connectivity index (χ1) is 10.6. The summed E-state index contributed by atoms with van der Waals surface area (Å²) in [5.74, 6) is -0.562. The zero-order chi connectivity index (χ0) is 16.6. The topological polar surface area (TPSA) is 128 Å². The molecule has 0 aromatic heterocycles. The fraction of sp³-hybridized carbons (Fsp3) is 0.467. The molecule has 0 saturated heterocycles. The van der Waals surface area contributed by atoms with Crippen molar-refractivity contribution in [3.8, 4) is 11.5 Å². The second-order valence-corrected chi connectivity index (χ2v) is 5.05. The molecule has 127 valence electrons. The number of phenols is 1. The van der Waals surface area contributed by atoms with Crippen LogP contribution in [0.25, 0.3) is 0 Å². The normalized spacial score (nSPS) is 15.8. The van der Waals surface area contributed by atoms with E-state index in [1.807, 2.05) is 0 Å². The molecule has 0 radical (unpaired) electrons. The van der Waals surface area contributed by atoms with Crippen molar-refractivity contribution in [2.75, 3.05) is 7.11 Å².